The molecule has 0 saturated carbocycles. The summed E-state index contributed by atoms with van der Waals surface area (Å²) in [4.78, 5) is 32.7. The molecular weight excluding hydrogens is 433 g/mol. The van der Waals surface area contributed by atoms with Gasteiger partial charge in [-0.1, -0.05) is 31.7 Å². The topological polar surface area (TPSA) is 64.0 Å². The Balaban J connectivity index is 1.61. The summed E-state index contributed by atoms with van der Waals surface area (Å²) in [7, 11) is 0. The molecule has 0 radical (unpaired) electrons. The third kappa shape index (κ3) is 5.01. The summed E-state index contributed by atoms with van der Waals surface area (Å²) in [5.74, 6) is -0.109. The first-order valence-corrected chi connectivity index (χ1v) is 12.5. The maximum Gasteiger partial charge on any atom is 0.263 e. The number of fused-ring (bicyclic) bond motifs is 3. The molecular formula is C23H26FN3O2S2. The number of thioether (sulfide) groups is 1. The highest BCUT2D eigenvalue weighted by atomic mass is 32.2. The lowest BCUT2D eigenvalue weighted by molar-refractivity contribution is -0.113. The number of hydrogen-bond acceptors (Lipinski definition) is 5. The van der Waals surface area contributed by atoms with E-state index in [1.54, 1.807) is 28.0 Å². The van der Waals surface area contributed by atoms with Gasteiger partial charge in [-0.2, -0.15) is 0 Å². The summed E-state index contributed by atoms with van der Waals surface area (Å²) >= 11 is 2.88. The summed E-state index contributed by atoms with van der Waals surface area (Å²) in [6, 6.07) is 5.81. The quantitative estimate of drug-likeness (QED) is 0.387. The van der Waals surface area contributed by atoms with Gasteiger partial charge in [-0.25, -0.2) is 9.37 Å². The Hall–Kier alpha value is -2.19. The molecule has 3 aromatic rings. The molecule has 0 unspecified atom stereocenters. The molecule has 1 N–H and O–H groups in total. The number of carbonyl (C=O) groups is 1. The molecule has 4 rings (SSSR count). The molecule has 0 saturated heterocycles. The Morgan fingerprint density at radius 1 is 1.32 bits per heavy atom. The third-order valence-electron chi connectivity index (χ3n) is 5.41. The van der Waals surface area contributed by atoms with Gasteiger partial charge in [-0.3, -0.25) is 14.2 Å². The van der Waals surface area contributed by atoms with Crippen LogP contribution in [-0.4, -0.2) is 21.2 Å². The Morgan fingerprint density at radius 3 is 2.90 bits per heavy atom. The molecule has 0 atom stereocenters. The predicted molar refractivity (Wildman–Crippen MR) is 126 cm³/mol. The second kappa shape index (κ2) is 9.53. The Kier molecular flexibility index (Phi) is 6.77. The summed E-state index contributed by atoms with van der Waals surface area (Å²) in [6.07, 6.45) is 5.09. The van der Waals surface area contributed by atoms with Crippen LogP contribution in [0.3, 0.4) is 0 Å². The van der Waals surface area contributed by atoms with Crippen molar-refractivity contribution in [3.05, 3.63) is 50.9 Å². The van der Waals surface area contributed by atoms with Crippen LogP contribution in [0.4, 0.5) is 10.1 Å². The van der Waals surface area contributed by atoms with Crippen molar-refractivity contribution in [2.75, 3.05) is 11.1 Å². The first kappa shape index (κ1) is 22.0. The smallest absolute Gasteiger partial charge is 0.263 e. The first-order chi connectivity index (χ1) is 14.9. The van der Waals surface area contributed by atoms with E-state index in [4.69, 9.17) is 4.98 Å². The highest BCUT2D eigenvalue weighted by molar-refractivity contribution is 7.99. The van der Waals surface area contributed by atoms with E-state index in [1.807, 2.05) is 0 Å². The van der Waals surface area contributed by atoms with Gasteiger partial charge in [0, 0.05) is 17.1 Å². The van der Waals surface area contributed by atoms with Gasteiger partial charge >= 0.3 is 0 Å². The number of aromatic nitrogens is 2. The first-order valence-electron chi connectivity index (χ1n) is 10.7. The Morgan fingerprint density at radius 2 is 2.13 bits per heavy atom. The fraction of sp³-hybridized carbons (Fsp3) is 0.435. The molecule has 8 heteroatoms. The highest BCUT2D eigenvalue weighted by Crippen LogP contribution is 2.34. The van der Waals surface area contributed by atoms with Crippen LogP contribution in [0, 0.1) is 11.7 Å². The maximum atomic E-state index is 13.4. The fourth-order valence-electron chi connectivity index (χ4n) is 3.81. The zero-order valence-corrected chi connectivity index (χ0v) is 19.4. The lowest BCUT2D eigenvalue weighted by Crippen LogP contribution is -2.25. The summed E-state index contributed by atoms with van der Waals surface area (Å²) in [6.45, 7) is 4.84. The number of nitrogens with zero attached hydrogens (tertiary/aromatic N) is 2. The number of anilines is 1. The van der Waals surface area contributed by atoms with Crippen molar-refractivity contribution in [3.63, 3.8) is 0 Å². The zero-order valence-electron chi connectivity index (χ0n) is 17.7. The number of rotatable bonds is 7. The molecule has 1 aliphatic carbocycles. The summed E-state index contributed by atoms with van der Waals surface area (Å²) in [5, 5.41) is 4.05. The van der Waals surface area contributed by atoms with E-state index < -0.39 is 5.82 Å². The Labute approximate surface area is 189 Å². The molecule has 1 aromatic carbocycles. The van der Waals surface area contributed by atoms with Gasteiger partial charge in [-0.15, -0.1) is 11.3 Å². The summed E-state index contributed by atoms with van der Waals surface area (Å²) in [5.41, 5.74) is 1.61. The van der Waals surface area contributed by atoms with E-state index in [2.05, 4.69) is 19.2 Å². The van der Waals surface area contributed by atoms with Crippen molar-refractivity contribution in [3.8, 4) is 0 Å². The number of benzene rings is 1. The second-order valence-corrected chi connectivity index (χ2v) is 10.3. The van der Waals surface area contributed by atoms with Gasteiger partial charge in [0.25, 0.3) is 5.56 Å². The average molecular weight is 460 g/mol. The van der Waals surface area contributed by atoms with Crippen LogP contribution in [0.5, 0.6) is 0 Å². The minimum Gasteiger partial charge on any atom is -0.325 e. The normalized spacial score (nSPS) is 13.5. The van der Waals surface area contributed by atoms with Gasteiger partial charge in [0.15, 0.2) is 5.16 Å². The largest absolute Gasteiger partial charge is 0.325 e. The number of carbonyl (C=O) groups excluding carboxylic acids is 1. The average Bonchev–Trinajstić information content (AvgIpc) is 3.10. The third-order valence-corrected chi connectivity index (χ3v) is 7.57. The van der Waals surface area contributed by atoms with Gasteiger partial charge in [-0.05, 0) is 61.8 Å². The maximum absolute atomic E-state index is 13.4. The number of thiophene rings is 1. The van der Waals surface area contributed by atoms with Crippen molar-refractivity contribution in [1.82, 2.24) is 9.55 Å². The minimum atomic E-state index is -0.401. The number of aryl methyl sites for hydroxylation is 2. The molecule has 1 amide bonds. The van der Waals surface area contributed by atoms with E-state index in [0.717, 1.165) is 42.3 Å². The highest BCUT2D eigenvalue weighted by Gasteiger charge is 2.22. The second-order valence-electron chi connectivity index (χ2n) is 8.27. The van der Waals surface area contributed by atoms with Crippen LogP contribution in [0.25, 0.3) is 10.2 Å². The van der Waals surface area contributed by atoms with Crippen molar-refractivity contribution in [1.29, 1.82) is 0 Å². The van der Waals surface area contributed by atoms with Crippen LogP contribution in [0.1, 0.15) is 43.6 Å². The molecule has 164 valence electrons. The SMILES string of the molecule is CC(C)CCn1c(SCC(=O)Nc2cccc(F)c2)nc2sc3c(c2c1=O)CCCC3. The van der Waals surface area contributed by atoms with E-state index >= 15 is 0 Å². The van der Waals surface area contributed by atoms with Crippen LogP contribution < -0.4 is 10.9 Å². The van der Waals surface area contributed by atoms with E-state index in [1.165, 1.54) is 34.3 Å². The number of nitrogens with one attached hydrogen (secondary N) is 1. The molecule has 2 aromatic heterocycles. The molecule has 2 heterocycles. The number of hydrogen-bond donors (Lipinski definition) is 1. The van der Waals surface area contributed by atoms with Crippen molar-refractivity contribution >= 4 is 44.9 Å². The van der Waals surface area contributed by atoms with E-state index in [9.17, 15) is 14.0 Å². The van der Waals surface area contributed by atoms with Gasteiger partial charge < -0.3 is 5.32 Å². The molecule has 0 bridgehead atoms. The van der Waals surface area contributed by atoms with Gasteiger partial charge in [0.05, 0.1) is 11.1 Å². The molecule has 31 heavy (non-hydrogen) atoms. The van der Waals surface area contributed by atoms with Crippen molar-refractivity contribution < 1.29 is 9.18 Å². The molecule has 0 spiro atoms. The number of amides is 1. The van der Waals surface area contributed by atoms with Crippen LogP contribution in [0.15, 0.2) is 34.2 Å². The van der Waals surface area contributed by atoms with E-state index in [0.29, 0.717) is 23.3 Å². The van der Waals surface area contributed by atoms with E-state index in [-0.39, 0.29) is 17.2 Å². The van der Waals surface area contributed by atoms with Gasteiger partial charge in [0.2, 0.25) is 5.91 Å². The van der Waals surface area contributed by atoms with Crippen molar-refractivity contribution in [2.24, 2.45) is 5.92 Å². The zero-order chi connectivity index (χ0) is 22.0. The Bertz CT molecular complexity index is 1170. The number of halogens is 1. The monoisotopic (exact) mass is 459 g/mol. The lowest BCUT2D eigenvalue weighted by Gasteiger charge is -2.14. The lowest BCUT2D eigenvalue weighted by atomic mass is 9.97. The fourth-order valence-corrected chi connectivity index (χ4v) is 5.94. The van der Waals surface area contributed by atoms with Gasteiger partial charge in [0.1, 0.15) is 10.6 Å². The minimum absolute atomic E-state index is 0.0121. The molecule has 0 fully saturated rings. The predicted octanol–water partition coefficient (Wildman–Crippen LogP) is 5.25. The van der Waals surface area contributed by atoms with Crippen LogP contribution in [-0.2, 0) is 24.2 Å². The molecule has 5 nitrogen and oxygen atoms in total. The van der Waals surface area contributed by atoms with Crippen LogP contribution in [0.2, 0.25) is 0 Å². The van der Waals surface area contributed by atoms with Crippen molar-refractivity contribution in [2.45, 2.75) is 57.7 Å². The molecule has 1 aliphatic rings. The summed E-state index contributed by atoms with van der Waals surface area (Å²) < 4.78 is 15.1. The standard InChI is InChI=1S/C23H26FN3O2S2/c1-14(2)10-11-27-22(29)20-17-8-3-4-9-18(17)31-21(20)26-23(27)30-13-19(28)25-16-7-5-6-15(24)12-16/h5-7,12,14H,3-4,8-11,13H2,1-2H3,(H,25,28). The van der Waals surface area contributed by atoms with Crippen LogP contribution >= 0.6 is 23.1 Å². The molecule has 0 aliphatic heterocycles.